The van der Waals surface area contributed by atoms with E-state index in [2.05, 4.69) is 25.6 Å². The molecule has 11 heteroatoms. The number of benzene rings is 2. The molecule has 0 saturated heterocycles. The van der Waals surface area contributed by atoms with Crippen molar-refractivity contribution in [1.29, 1.82) is 0 Å². The summed E-state index contributed by atoms with van der Waals surface area (Å²) >= 11 is 1.14. The lowest BCUT2D eigenvalue weighted by Gasteiger charge is -2.12. The van der Waals surface area contributed by atoms with Crippen LogP contribution in [-0.2, 0) is 11.3 Å². The van der Waals surface area contributed by atoms with Crippen molar-refractivity contribution < 1.29 is 22.7 Å². The molecule has 1 unspecified atom stereocenters. The second-order valence-corrected chi connectivity index (χ2v) is 7.69. The van der Waals surface area contributed by atoms with Crippen molar-refractivity contribution in [2.45, 2.75) is 37.2 Å². The number of ether oxygens (including phenoxy) is 1. The van der Waals surface area contributed by atoms with Crippen LogP contribution in [0.25, 0.3) is 5.69 Å². The molecule has 158 valence electrons. The van der Waals surface area contributed by atoms with Crippen LogP contribution in [0.4, 0.5) is 13.2 Å². The highest BCUT2D eigenvalue weighted by Crippen LogP contribution is 2.26. The van der Waals surface area contributed by atoms with Crippen LogP contribution >= 0.6 is 11.8 Å². The van der Waals surface area contributed by atoms with Crippen LogP contribution < -0.4 is 10.1 Å². The van der Waals surface area contributed by atoms with Gasteiger partial charge in [0.2, 0.25) is 11.1 Å². The predicted octanol–water partition coefficient (Wildman–Crippen LogP) is 3.67. The van der Waals surface area contributed by atoms with Crippen LogP contribution in [0.5, 0.6) is 5.75 Å². The third-order valence-corrected chi connectivity index (χ3v) is 5.03. The highest BCUT2D eigenvalue weighted by molar-refractivity contribution is 8.00. The maximum Gasteiger partial charge on any atom is 0.573 e. The quantitative estimate of drug-likeness (QED) is 0.568. The summed E-state index contributed by atoms with van der Waals surface area (Å²) in [6, 6.07) is 12.9. The number of rotatable bonds is 7. The van der Waals surface area contributed by atoms with Gasteiger partial charge in [-0.25, -0.2) is 0 Å². The first-order valence-corrected chi connectivity index (χ1v) is 9.74. The fraction of sp³-hybridized carbons (Fsp3) is 0.263. The van der Waals surface area contributed by atoms with Crippen LogP contribution in [0.15, 0.2) is 53.7 Å². The maximum absolute atomic E-state index is 12.4. The van der Waals surface area contributed by atoms with Crippen LogP contribution in [0.1, 0.15) is 18.1 Å². The zero-order valence-electron chi connectivity index (χ0n) is 16.1. The molecule has 0 fully saturated rings. The molecular weight excluding hydrogens is 419 g/mol. The van der Waals surface area contributed by atoms with Gasteiger partial charge < -0.3 is 10.1 Å². The highest BCUT2D eigenvalue weighted by Gasteiger charge is 2.31. The molecule has 3 aromatic rings. The Kier molecular flexibility index (Phi) is 6.60. The molecule has 1 atom stereocenters. The molecule has 1 heterocycles. The number of carbonyl (C=O) groups is 1. The van der Waals surface area contributed by atoms with Crippen LogP contribution in [0.3, 0.4) is 0 Å². The lowest BCUT2D eigenvalue weighted by Crippen LogP contribution is -2.30. The summed E-state index contributed by atoms with van der Waals surface area (Å²) in [4.78, 5) is 12.4. The van der Waals surface area contributed by atoms with Gasteiger partial charge in [0.25, 0.3) is 0 Å². The second-order valence-electron chi connectivity index (χ2n) is 6.38. The number of nitrogens with zero attached hydrogens (tertiary/aromatic N) is 4. The summed E-state index contributed by atoms with van der Waals surface area (Å²) < 4.78 is 42.0. The van der Waals surface area contributed by atoms with E-state index in [4.69, 9.17) is 0 Å². The first-order valence-electron chi connectivity index (χ1n) is 8.86. The number of amides is 1. The summed E-state index contributed by atoms with van der Waals surface area (Å²) in [5.41, 5.74) is 2.56. The number of carbonyl (C=O) groups excluding carboxylic acids is 1. The smallest absolute Gasteiger partial charge is 0.406 e. The Labute approximate surface area is 174 Å². The van der Waals surface area contributed by atoms with Crippen LogP contribution in [-0.4, -0.2) is 37.7 Å². The number of thioether (sulfide) groups is 1. The summed E-state index contributed by atoms with van der Waals surface area (Å²) in [5.74, 6) is -0.540. The number of tetrazole rings is 1. The van der Waals surface area contributed by atoms with E-state index >= 15 is 0 Å². The van der Waals surface area contributed by atoms with Gasteiger partial charge >= 0.3 is 6.36 Å². The fourth-order valence-corrected chi connectivity index (χ4v) is 3.29. The first kappa shape index (κ1) is 21.6. The van der Waals surface area contributed by atoms with E-state index in [1.165, 1.54) is 16.8 Å². The van der Waals surface area contributed by atoms with E-state index < -0.39 is 11.6 Å². The number of aromatic nitrogens is 4. The van der Waals surface area contributed by atoms with Crippen LogP contribution in [0, 0.1) is 6.92 Å². The van der Waals surface area contributed by atoms with Gasteiger partial charge in [-0.15, -0.1) is 18.3 Å². The Bertz CT molecular complexity index is 991. The molecule has 1 N–H and O–H groups in total. The monoisotopic (exact) mass is 437 g/mol. The molecule has 0 aliphatic rings. The molecule has 0 spiro atoms. The number of nitrogens with one attached hydrogen (secondary N) is 1. The molecule has 30 heavy (non-hydrogen) atoms. The molecule has 1 amide bonds. The third-order valence-electron chi connectivity index (χ3n) is 3.99. The van der Waals surface area contributed by atoms with E-state index in [-0.39, 0.29) is 11.7 Å². The molecule has 3 rings (SSSR count). The molecule has 0 aliphatic heterocycles. The Morgan fingerprint density at radius 2 is 1.83 bits per heavy atom. The van der Waals surface area contributed by atoms with Gasteiger partial charge in [0.1, 0.15) is 5.75 Å². The van der Waals surface area contributed by atoms with Gasteiger partial charge in [0, 0.05) is 6.54 Å². The number of halogens is 3. The average molecular weight is 437 g/mol. The molecular formula is C19H18F3N5O2S. The van der Waals surface area contributed by atoms with Crippen LogP contribution in [0.2, 0.25) is 0 Å². The summed E-state index contributed by atoms with van der Waals surface area (Å²) in [7, 11) is 0. The second kappa shape index (κ2) is 9.16. The maximum atomic E-state index is 12.4. The lowest BCUT2D eigenvalue weighted by atomic mass is 10.1. The van der Waals surface area contributed by atoms with Crippen molar-refractivity contribution in [3.8, 4) is 11.4 Å². The Morgan fingerprint density at radius 1 is 1.17 bits per heavy atom. The lowest BCUT2D eigenvalue weighted by molar-refractivity contribution is -0.274. The fourth-order valence-electron chi connectivity index (χ4n) is 2.45. The number of hydrogen-bond acceptors (Lipinski definition) is 6. The van der Waals surface area contributed by atoms with Crippen molar-refractivity contribution in [3.63, 3.8) is 0 Å². The standard InChI is InChI=1S/C19H18F3N5O2S/c1-12-3-5-14(6-4-12)11-23-17(28)13(2)30-18-24-25-26-27(18)15-7-9-16(10-8-15)29-19(20,21)22/h3-10,13H,11H2,1-2H3,(H,23,28). The van der Waals surface area contributed by atoms with Gasteiger partial charge in [-0.3, -0.25) is 4.79 Å². The Hall–Kier alpha value is -3.08. The number of aryl methyl sites for hydroxylation is 1. The molecule has 0 bridgehead atoms. The topological polar surface area (TPSA) is 81.9 Å². The number of hydrogen-bond donors (Lipinski definition) is 1. The summed E-state index contributed by atoms with van der Waals surface area (Å²) in [5, 5.41) is 14.0. The minimum absolute atomic E-state index is 0.191. The molecule has 0 radical (unpaired) electrons. The Balaban J connectivity index is 1.61. The van der Waals surface area contributed by atoms with Gasteiger partial charge in [-0.1, -0.05) is 41.6 Å². The highest BCUT2D eigenvalue weighted by atomic mass is 32.2. The minimum Gasteiger partial charge on any atom is -0.406 e. The zero-order chi connectivity index (χ0) is 21.7. The number of alkyl halides is 3. The molecule has 0 saturated carbocycles. The third kappa shape index (κ3) is 5.96. The zero-order valence-corrected chi connectivity index (χ0v) is 16.9. The van der Waals surface area contributed by atoms with E-state index in [9.17, 15) is 18.0 Å². The first-order chi connectivity index (χ1) is 14.2. The van der Waals surface area contributed by atoms with Crippen molar-refractivity contribution in [2.75, 3.05) is 0 Å². The molecule has 7 nitrogen and oxygen atoms in total. The average Bonchev–Trinajstić information content (AvgIpc) is 3.14. The normalized spacial score (nSPS) is 12.4. The molecule has 1 aromatic heterocycles. The predicted molar refractivity (Wildman–Crippen MR) is 104 cm³/mol. The van der Waals surface area contributed by atoms with Gasteiger partial charge in [-0.2, -0.15) is 4.68 Å². The van der Waals surface area contributed by atoms with Crippen molar-refractivity contribution in [3.05, 3.63) is 59.7 Å². The summed E-state index contributed by atoms with van der Waals surface area (Å²) in [6.07, 6.45) is -4.77. The van der Waals surface area contributed by atoms with Crippen molar-refractivity contribution >= 4 is 17.7 Å². The van der Waals surface area contributed by atoms with E-state index in [0.717, 1.165) is 35.0 Å². The van der Waals surface area contributed by atoms with E-state index in [1.54, 1.807) is 6.92 Å². The van der Waals surface area contributed by atoms with Gasteiger partial charge in [0.15, 0.2) is 0 Å². The SMILES string of the molecule is Cc1ccc(CNC(=O)C(C)Sc2nnnn2-c2ccc(OC(F)(F)F)cc2)cc1. The van der Waals surface area contributed by atoms with Crippen molar-refractivity contribution in [2.24, 2.45) is 0 Å². The van der Waals surface area contributed by atoms with Gasteiger partial charge in [-0.05, 0) is 54.1 Å². The van der Waals surface area contributed by atoms with E-state index in [0.29, 0.717) is 17.4 Å². The Morgan fingerprint density at radius 3 is 2.47 bits per heavy atom. The summed E-state index contributed by atoms with van der Waals surface area (Å²) in [6.45, 7) is 4.10. The molecule has 0 aliphatic carbocycles. The van der Waals surface area contributed by atoms with Crippen molar-refractivity contribution in [1.82, 2.24) is 25.5 Å². The minimum atomic E-state index is -4.77. The molecule has 2 aromatic carbocycles. The van der Waals surface area contributed by atoms with Gasteiger partial charge in [0.05, 0.1) is 10.9 Å². The largest absolute Gasteiger partial charge is 0.573 e. The van der Waals surface area contributed by atoms with E-state index in [1.807, 2.05) is 31.2 Å².